The summed E-state index contributed by atoms with van der Waals surface area (Å²) in [4.78, 5) is 27.0. The Hall–Kier alpha value is -2.55. The largest absolute Gasteiger partial charge is 0.394 e. The fourth-order valence-electron chi connectivity index (χ4n) is 3.05. The Morgan fingerprint density at radius 1 is 1.23 bits per heavy atom. The van der Waals surface area contributed by atoms with Crippen molar-refractivity contribution < 1.29 is 19.1 Å². The third kappa shape index (κ3) is 5.13. The van der Waals surface area contributed by atoms with Crippen LogP contribution in [0.3, 0.4) is 0 Å². The first-order chi connectivity index (χ1) is 14.4. The number of nitrogens with one attached hydrogen (secondary N) is 1. The minimum absolute atomic E-state index is 0.230. The van der Waals surface area contributed by atoms with E-state index < -0.39 is 29.7 Å². The lowest BCUT2D eigenvalue weighted by atomic mass is 10.1. The van der Waals surface area contributed by atoms with Crippen molar-refractivity contribution in [2.45, 2.75) is 25.4 Å². The third-order valence-electron chi connectivity index (χ3n) is 4.67. The first-order valence-corrected chi connectivity index (χ1v) is 10.6. The predicted octanol–water partition coefficient (Wildman–Crippen LogP) is 3.14. The molecule has 1 unspecified atom stereocenters. The highest BCUT2D eigenvalue weighted by Crippen LogP contribution is 2.34. The van der Waals surface area contributed by atoms with Gasteiger partial charge in [0, 0.05) is 5.56 Å². The number of halogens is 1. The van der Waals surface area contributed by atoms with E-state index in [2.05, 4.69) is 5.32 Å². The number of aliphatic hydroxyl groups is 1. The summed E-state index contributed by atoms with van der Waals surface area (Å²) < 4.78 is 14.1. The molecule has 0 radical (unpaired) electrons. The summed E-state index contributed by atoms with van der Waals surface area (Å²) in [5, 5.41) is 12.4. The first-order valence-electron chi connectivity index (χ1n) is 9.37. The van der Waals surface area contributed by atoms with E-state index in [0.29, 0.717) is 6.42 Å². The minimum Gasteiger partial charge on any atom is -0.394 e. The van der Waals surface area contributed by atoms with Crippen LogP contribution < -0.4 is 5.32 Å². The fraction of sp³-hybridized carbons (Fsp3) is 0.227. The molecule has 1 heterocycles. The Kier molecular flexibility index (Phi) is 7.36. The van der Waals surface area contributed by atoms with Gasteiger partial charge in [-0.25, -0.2) is 4.39 Å². The third-order valence-corrected chi connectivity index (χ3v) is 6.00. The Bertz CT molecular complexity index is 981. The van der Waals surface area contributed by atoms with Crippen LogP contribution in [-0.4, -0.2) is 44.8 Å². The van der Waals surface area contributed by atoms with Crippen LogP contribution in [0.1, 0.15) is 18.1 Å². The van der Waals surface area contributed by atoms with Crippen molar-refractivity contribution in [3.8, 4) is 0 Å². The Balaban J connectivity index is 1.70. The van der Waals surface area contributed by atoms with Crippen molar-refractivity contribution in [1.29, 1.82) is 0 Å². The van der Waals surface area contributed by atoms with Gasteiger partial charge in [0.05, 0.1) is 17.6 Å². The second-order valence-corrected chi connectivity index (χ2v) is 8.50. The number of benzene rings is 2. The summed E-state index contributed by atoms with van der Waals surface area (Å²) in [5.74, 6) is -1.31. The summed E-state index contributed by atoms with van der Waals surface area (Å²) in [7, 11) is 0. The van der Waals surface area contributed by atoms with Gasteiger partial charge in [0.15, 0.2) is 0 Å². The smallest absolute Gasteiger partial charge is 0.266 e. The topological polar surface area (TPSA) is 69.6 Å². The van der Waals surface area contributed by atoms with Crippen LogP contribution >= 0.6 is 24.0 Å². The normalized spacial score (nSPS) is 17.3. The lowest BCUT2D eigenvalue weighted by Crippen LogP contribution is -2.51. The van der Waals surface area contributed by atoms with Crippen LogP contribution in [0, 0.1) is 5.82 Å². The van der Waals surface area contributed by atoms with Crippen molar-refractivity contribution in [3.05, 3.63) is 76.4 Å². The molecule has 0 saturated carbocycles. The molecule has 30 heavy (non-hydrogen) atoms. The van der Waals surface area contributed by atoms with Gasteiger partial charge in [-0.05, 0) is 31.1 Å². The maximum atomic E-state index is 13.9. The molecule has 2 N–H and O–H groups in total. The van der Waals surface area contributed by atoms with Gasteiger partial charge in [0.1, 0.15) is 16.2 Å². The molecule has 2 aromatic rings. The maximum absolute atomic E-state index is 13.9. The van der Waals surface area contributed by atoms with Crippen LogP contribution in [0.4, 0.5) is 4.39 Å². The number of rotatable bonds is 7. The quantitative estimate of drug-likeness (QED) is 0.507. The van der Waals surface area contributed by atoms with Gasteiger partial charge >= 0.3 is 0 Å². The van der Waals surface area contributed by atoms with Crippen molar-refractivity contribution in [3.63, 3.8) is 0 Å². The van der Waals surface area contributed by atoms with Crippen LogP contribution in [0.15, 0.2) is 59.5 Å². The van der Waals surface area contributed by atoms with Gasteiger partial charge in [-0.2, -0.15) is 0 Å². The lowest BCUT2D eigenvalue weighted by Gasteiger charge is -2.25. The molecule has 1 aliphatic heterocycles. The van der Waals surface area contributed by atoms with E-state index in [1.54, 1.807) is 25.1 Å². The molecular weight excluding hydrogens is 423 g/mol. The van der Waals surface area contributed by atoms with E-state index in [0.717, 1.165) is 17.3 Å². The number of hydrogen-bond acceptors (Lipinski definition) is 5. The molecule has 0 spiro atoms. The van der Waals surface area contributed by atoms with E-state index in [1.165, 1.54) is 17.0 Å². The van der Waals surface area contributed by atoms with Gasteiger partial charge in [-0.15, -0.1) is 0 Å². The van der Waals surface area contributed by atoms with Crippen LogP contribution in [0.5, 0.6) is 0 Å². The maximum Gasteiger partial charge on any atom is 0.266 e. The van der Waals surface area contributed by atoms with E-state index in [4.69, 9.17) is 12.2 Å². The first kappa shape index (κ1) is 22.1. The summed E-state index contributed by atoms with van der Waals surface area (Å²) >= 11 is 6.32. The molecule has 2 aromatic carbocycles. The van der Waals surface area contributed by atoms with Crippen molar-refractivity contribution in [1.82, 2.24) is 10.2 Å². The van der Waals surface area contributed by atoms with Gasteiger partial charge in [-0.1, -0.05) is 72.5 Å². The molecule has 8 heteroatoms. The number of nitrogens with zero attached hydrogens (tertiary/aromatic N) is 1. The second kappa shape index (κ2) is 9.97. The fourth-order valence-corrected chi connectivity index (χ4v) is 4.46. The highest BCUT2D eigenvalue weighted by atomic mass is 32.2. The van der Waals surface area contributed by atoms with Gasteiger partial charge < -0.3 is 10.4 Å². The number of aliphatic hydroxyl groups excluding tert-OH is 1. The summed E-state index contributed by atoms with van der Waals surface area (Å²) in [5.41, 5.74) is 1.25. The van der Waals surface area contributed by atoms with E-state index >= 15 is 0 Å². The van der Waals surface area contributed by atoms with E-state index in [9.17, 15) is 19.1 Å². The van der Waals surface area contributed by atoms with Gasteiger partial charge in [0.2, 0.25) is 5.91 Å². The molecule has 2 atom stereocenters. The molecule has 0 aromatic heterocycles. The summed E-state index contributed by atoms with van der Waals surface area (Å²) in [6, 6.07) is 14.2. The monoisotopic (exact) mass is 444 g/mol. The average Bonchev–Trinajstić information content (AvgIpc) is 3.02. The zero-order valence-electron chi connectivity index (χ0n) is 16.2. The van der Waals surface area contributed by atoms with Gasteiger partial charge in [-0.3, -0.25) is 14.5 Å². The van der Waals surface area contributed by atoms with Crippen molar-refractivity contribution >= 4 is 46.2 Å². The number of amides is 2. The molecule has 1 aliphatic rings. The standard InChI is InChI=1S/C22H21FN2O3S2/c1-14(20(27)24-17(13-26)11-15-7-3-2-4-8-15)25-21(28)19(30-22(25)29)12-16-9-5-6-10-18(16)23/h2-10,12,14,17,26H,11,13H2,1H3,(H,24,27)/t14?,17-/m1/s1. The molecule has 2 amide bonds. The molecule has 0 bridgehead atoms. The predicted molar refractivity (Wildman–Crippen MR) is 120 cm³/mol. The Labute approximate surface area is 184 Å². The summed E-state index contributed by atoms with van der Waals surface area (Å²) in [6.45, 7) is 1.34. The lowest BCUT2D eigenvalue weighted by molar-refractivity contribution is -0.132. The summed E-state index contributed by atoms with van der Waals surface area (Å²) in [6.07, 6.45) is 1.90. The SMILES string of the molecule is CC(C(=O)N[C@@H](CO)Cc1ccccc1)N1C(=O)C(=Cc2ccccc2F)SC1=S. The highest BCUT2D eigenvalue weighted by Gasteiger charge is 2.38. The second-order valence-electron chi connectivity index (χ2n) is 6.83. The number of thiocarbonyl (C=S) groups is 1. The van der Waals surface area contributed by atoms with Crippen molar-refractivity contribution in [2.24, 2.45) is 0 Å². The number of carbonyl (C=O) groups excluding carboxylic acids is 2. The van der Waals surface area contributed by atoms with E-state index in [-0.39, 0.29) is 21.4 Å². The Morgan fingerprint density at radius 2 is 1.90 bits per heavy atom. The van der Waals surface area contributed by atoms with Crippen molar-refractivity contribution in [2.75, 3.05) is 6.61 Å². The number of thioether (sulfide) groups is 1. The molecular formula is C22H21FN2O3S2. The molecule has 1 fully saturated rings. The van der Waals surface area contributed by atoms with E-state index in [1.807, 2.05) is 30.3 Å². The van der Waals surface area contributed by atoms with Crippen LogP contribution in [0.25, 0.3) is 6.08 Å². The zero-order valence-corrected chi connectivity index (χ0v) is 17.9. The van der Waals surface area contributed by atoms with Gasteiger partial charge in [0.25, 0.3) is 5.91 Å². The molecule has 5 nitrogen and oxygen atoms in total. The van der Waals surface area contributed by atoms with Crippen LogP contribution in [0.2, 0.25) is 0 Å². The van der Waals surface area contributed by atoms with Crippen LogP contribution in [-0.2, 0) is 16.0 Å². The Morgan fingerprint density at radius 3 is 2.57 bits per heavy atom. The number of carbonyl (C=O) groups is 2. The molecule has 0 aliphatic carbocycles. The highest BCUT2D eigenvalue weighted by molar-refractivity contribution is 8.26. The molecule has 1 saturated heterocycles. The average molecular weight is 445 g/mol. The molecule has 156 valence electrons. The zero-order chi connectivity index (χ0) is 21.7. The number of hydrogen-bond donors (Lipinski definition) is 2. The minimum atomic E-state index is -0.867. The molecule has 3 rings (SSSR count).